The number of benzene rings is 1. The maximum absolute atomic E-state index is 11.5. The van der Waals surface area contributed by atoms with Crippen molar-refractivity contribution in [2.75, 3.05) is 19.6 Å². The summed E-state index contributed by atoms with van der Waals surface area (Å²) in [7, 11) is 0. The van der Waals surface area contributed by atoms with Gasteiger partial charge in [0.15, 0.2) is 0 Å². The van der Waals surface area contributed by atoms with Crippen molar-refractivity contribution in [1.29, 1.82) is 0 Å². The van der Waals surface area contributed by atoms with E-state index in [-0.39, 0.29) is 0 Å². The maximum Gasteiger partial charge on any atom is 0.104 e. The van der Waals surface area contributed by atoms with Crippen molar-refractivity contribution in [1.82, 2.24) is 0 Å². The zero-order chi connectivity index (χ0) is 23.1. The van der Waals surface area contributed by atoms with Gasteiger partial charge in [0.05, 0.1) is 30.8 Å². The van der Waals surface area contributed by atoms with Crippen LogP contribution in [0, 0.1) is 0 Å². The van der Waals surface area contributed by atoms with Crippen molar-refractivity contribution < 1.29 is 14.7 Å². The first kappa shape index (κ1) is 25.7. The van der Waals surface area contributed by atoms with E-state index in [2.05, 4.69) is 39.0 Å². The summed E-state index contributed by atoms with van der Waals surface area (Å²) in [6, 6.07) is 6.78. The van der Waals surface area contributed by atoms with E-state index in [4.69, 9.17) is 0 Å². The molecule has 3 rings (SSSR count). The lowest BCUT2D eigenvalue weighted by Crippen LogP contribution is -2.49. The van der Waals surface area contributed by atoms with Gasteiger partial charge in [-0.1, -0.05) is 71.8 Å². The van der Waals surface area contributed by atoms with E-state index < -0.39 is 11.2 Å². The molecule has 3 heteroatoms. The monoisotopic (exact) mass is 444 g/mol. The molecule has 1 aromatic rings. The molecule has 0 atom stereocenters. The molecule has 0 radical (unpaired) electrons. The fourth-order valence-electron chi connectivity index (χ4n) is 6.26. The van der Waals surface area contributed by atoms with E-state index in [1.54, 1.807) is 0 Å². The first-order valence-electron chi connectivity index (χ1n) is 13.8. The van der Waals surface area contributed by atoms with Gasteiger partial charge in [-0.2, -0.15) is 0 Å². The Morgan fingerprint density at radius 3 is 1.38 bits per heavy atom. The molecule has 2 aliphatic carbocycles. The number of hydrogen-bond donors (Lipinski definition) is 2. The third-order valence-electron chi connectivity index (χ3n) is 8.40. The Morgan fingerprint density at radius 1 is 0.656 bits per heavy atom. The summed E-state index contributed by atoms with van der Waals surface area (Å²) < 4.78 is 1.16. The van der Waals surface area contributed by atoms with E-state index in [1.807, 2.05) is 0 Å². The average Bonchev–Trinajstić information content (AvgIpc) is 3.44. The first-order chi connectivity index (χ1) is 15.4. The van der Waals surface area contributed by atoms with Crippen LogP contribution in [0.2, 0.25) is 0 Å². The van der Waals surface area contributed by atoms with Gasteiger partial charge in [-0.3, -0.25) is 0 Å². The summed E-state index contributed by atoms with van der Waals surface area (Å²) in [4.78, 5) is 0. The van der Waals surface area contributed by atoms with Crippen molar-refractivity contribution in [2.45, 2.75) is 128 Å². The minimum absolute atomic E-state index is 0.703. The molecule has 0 amide bonds. The van der Waals surface area contributed by atoms with Crippen LogP contribution in [0.25, 0.3) is 0 Å². The lowest BCUT2D eigenvalue weighted by Gasteiger charge is -2.40. The van der Waals surface area contributed by atoms with Crippen molar-refractivity contribution in [3.05, 3.63) is 34.9 Å². The van der Waals surface area contributed by atoms with E-state index >= 15 is 0 Å². The average molecular weight is 445 g/mol. The van der Waals surface area contributed by atoms with E-state index in [0.29, 0.717) is 0 Å². The maximum atomic E-state index is 11.5. The normalized spacial score (nSPS) is 20.2. The standard InChI is InChI=1S/C29H50NO2/c1-4-7-18-30(19-8-5-2,20-9-6-3)24-25-21-26(28(31)14-10-11-15-28)23-27(22-25)29(32)16-12-13-17-29/h21-23,31-32H,4-20,24H2,1-3H3/q+1. The molecule has 0 saturated heterocycles. The fraction of sp³-hybridized carbons (Fsp3) is 0.793. The summed E-state index contributed by atoms with van der Waals surface area (Å²) >= 11 is 0. The third-order valence-corrected chi connectivity index (χ3v) is 8.40. The molecule has 0 heterocycles. The molecule has 0 unspecified atom stereocenters. The molecule has 2 saturated carbocycles. The van der Waals surface area contributed by atoms with Gasteiger partial charge in [0.2, 0.25) is 0 Å². The smallest absolute Gasteiger partial charge is 0.104 e. The van der Waals surface area contributed by atoms with Gasteiger partial charge >= 0.3 is 0 Å². The predicted molar refractivity (Wildman–Crippen MR) is 134 cm³/mol. The number of hydrogen-bond acceptors (Lipinski definition) is 2. The Morgan fingerprint density at radius 2 is 1.03 bits per heavy atom. The topological polar surface area (TPSA) is 40.5 Å². The fourth-order valence-corrected chi connectivity index (χ4v) is 6.26. The van der Waals surface area contributed by atoms with Crippen LogP contribution < -0.4 is 0 Å². The zero-order valence-corrected chi connectivity index (χ0v) is 21.3. The van der Waals surface area contributed by atoms with Crippen LogP contribution in [-0.4, -0.2) is 34.3 Å². The molecular formula is C29H50NO2+. The summed E-state index contributed by atoms with van der Waals surface area (Å²) in [5.41, 5.74) is 2.07. The second-order valence-electron chi connectivity index (χ2n) is 11.1. The van der Waals surface area contributed by atoms with Gasteiger partial charge in [-0.25, -0.2) is 0 Å². The van der Waals surface area contributed by atoms with Crippen LogP contribution in [0.1, 0.15) is 127 Å². The molecule has 0 spiro atoms. The molecule has 2 fully saturated rings. The number of rotatable bonds is 13. The molecule has 2 N–H and O–H groups in total. The Balaban J connectivity index is 2.00. The Labute approximate surface area is 197 Å². The molecule has 1 aromatic carbocycles. The van der Waals surface area contributed by atoms with Crippen LogP contribution in [0.15, 0.2) is 18.2 Å². The molecule has 0 aromatic heterocycles. The van der Waals surface area contributed by atoms with Crippen LogP contribution in [0.4, 0.5) is 0 Å². The Kier molecular flexibility index (Phi) is 9.23. The van der Waals surface area contributed by atoms with Crippen molar-refractivity contribution in [3.8, 4) is 0 Å². The van der Waals surface area contributed by atoms with Crippen LogP contribution in [-0.2, 0) is 17.7 Å². The molecule has 182 valence electrons. The van der Waals surface area contributed by atoms with Crippen LogP contribution >= 0.6 is 0 Å². The molecule has 0 bridgehead atoms. The molecule has 3 nitrogen and oxygen atoms in total. The van der Waals surface area contributed by atoms with Gasteiger partial charge in [0.1, 0.15) is 6.54 Å². The molecular weight excluding hydrogens is 394 g/mol. The van der Waals surface area contributed by atoms with Crippen molar-refractivity contribution in [3.63, 3.8) is 0 Å². The largest absolute Gasteiger partial charge is 0.385 e. The molecule has 0 aliphatic heterocycles. The van der Waals surface area contributed by atoms with E-state index in [9.17, 15) is 10.2 Å². The second kappa shape index (κ2) is 11.5. The summed E-state index contributed by atoms with van der Waals surface area (Å²) in [6.07, 6.45) is 15.4. The van der Waals surface area contributed by atoms with Crippen molar-refractivity contribution in [2.24, 2.45) is 0 Å². The van der Waals surface area contributed by atoms with Gasteiger partial charge in [-0.15, -0.1) is 0 Å². The van der Waals surface area contributed by atoms with Gasteiger partial charge < -0.3 is 14.7 Å². The highest BCUT2D eigenvalue weighted by Crippen LogP contribution is 2.44. The zero-order valence-electron chi connectivity index (χ0n) is 21.3. The van der Waals surface area contributed by atoms with Gasteiger partial charge in [0, 0.05) is 5.56 Å². The highest BCUT2D eigenvalue weighted by atomic mass is 16.3. The quantitative estimate of drug-likeness (QED) is 0.324. The lowest BCUT2D eigenvalue weighted by molar-refractivity contribution is -0.941. The van der Waals surface area contributed by atoms with E-state index in [1.165, 1.54) is 63.7 Å². The number of quaternary nitrogens is 1. The first-order valence-corrected chi connectivity index (χ1v) is 13.8. The number of nitrogens with zero attached hydrogens (tertiary/aromatic N) is 1. The number of aliphatic hydroxyl groups is 2. The van der Waals surface area contributed by atoms with Gasteiger partial charge in [0.25, 0.3) is 0 Å². The van der Waals surface area contributed by atoms with Crippen LogP contribution in [0.5, 0.6) is 0 Å². The molecule has 32 heavy (non-hydrogen) atoms. The summed E-state index contributed by atoms with van der Waals surface area (Å²) in [5, 5.41) is 22.9. The van der Waals surface area contributed by atoms with E-state index in [0.717, 1.165) is 73.5 Å². The number of unbranched alkanes of at least 4 members (excludes halogenated alkanes) is 3. The Bertz CT molecular complexity index is 639. The van der Waals surface area contributed by atoms with Gasteiger partial charge in [-0.05, 0) is 68.2 Å². The molecule has 2 aliphatic rings. The summed E-state index contributed by atoms with van der Waals surface area (Å²) in [6.45, 7) is 11.7. The van der Waals surface area contributed by atoms with Crippen LogP contribution in [0.3, 0.4) is 0 Å². The SMILES string of the molecule is CCCC[N+](CCCC)(CCCC)Cc1cc(C2(O)CCCC2)cc(C2(O)CCCC2)c1. The van der Waals surface area contributed by atoms with Crippen molar-refractivity contribution >= 4 is 0 Å². The lowest BCUT2D eigenvalue weighted by atomic mass is 9.84. The predicted octanol–water partition coefficient (Wildman–Crippen LogP) is 6.93. The Hall–Kier alpha value is -0.900. The summed E-state index contributed by atoms with van der Waals surface area (Å²) in [5.74, 6) is 0. The highest BCUT2D eigenvalue weighted by Gasteiger charge is 2.38. The minimum atomic E-state index is -0.703. The second-order valence-corrected chi connectivity index (χ2v) is 11.1. The highest BCUT2D eigenvalue weighted by molar-refractivity contribution is 5.37. The minimum Gasteiger partial charge on any atom is -0.385 e. The third kappa shape index (κ3) is 6.15.